The smallest absolute Gasteiger partial charge is 0.159 e. The van der Waals surface area contributed by atoms with E-state index in [1.54, 1.807) is 0 Å². The molecule has 0 aliphatic heterocycles. The first-order valence-electron chi connectivity index (χ1n) is 18.4. The summed E-state index contributed by atoms with van der Waals surface area (Å²) in [6.45, 7) is 0. The Morgan fingerprint density at radius 2 is 0.889 bits per heavy atom. The van der Waals surface area contributed by atoms with Crippen molar-refractivity contribution in [2.24, 2.45) is 0 Å². The fourth-order valence-corrected chi connectivity index (χ4v) is 7.89. The zero-order chi connectivity index (χ0) is 35.8. The van der Waals surface area contributed by atoms with Gasteiger partial charge in [0.1, 0.15) is 5.58 Å². The lowest BCUT2D eigenvalue weighted by Gasteiger charge is -2.27. The fourth-order valence-electron chi connectivity index (χ4n) is 7.89. The van der Waals surface area contributed by atoms with Gasteiger partial charge in [0.05, 0.1) is 5.69 Å². The van der Waals surface area contributed by atoms with E-state index >= 15 is 0 Å². The summed E-state index contributed by atoms with van der Waals surface area (Å²) in [4.78, 5) is 2.36. The van der Waals surface area contributed by atoms with Crippen molar-refractivity contribution in [2.75, 3.05) is 4.90 Å². The second kappa shape index (κ2) is 13.4. The van der Waals surface area contributed by atoms with Crippen molar-refractivity contribution in [3.63, 3.8) is 0 Å². The number of rotatable bonds is 7. The highest BCUT2D eigenvalue weighted by molar-refractivity contribution is 6.10. The molecule has 0 bridgehead atoms. The number of benzene rings is 9. The molecule has 10 rings (SSSR count). The minimum atomic E-state index is 0.856. The Morgan fingerprint density at radius 3 is 1.65 bits per heavy atom. The van der Waals surface area contributed by atoms with Crippen LogP contribution in [0.15, 0.2) is 217 Å². The Morgan fingerprint density at radius 1 is 0.315 bits per heavy atom. The van der Waals surface area contributed by atoms with Crippen molar-refractivity contribution in [3.8, 4) is 44.5 Å². The normalized spacial score (nSPS) is 11.3. The summed E-state index contributed by atoms with van der Waals surface area (Å²) in [6.07, 6.45) is 0. The lowest BCUT2D eigenvalue weighted by atomic mass is 9.92. The quantitative estimate of drug-likeness (QED) is 0.166. The molecule has 1 aromatic heterocycles. The van der Waals surface area contributed by atoms with Crippen LogP contribution in [0.2, 0.25) is 0 Å². The summed E-state index contributed by atoms with van der Waals surface area (Å²) in [5, 5.41) is 4.66. The van der Waals surface area contributed by atoms with Crippen LogP contribution >= 0.6 is 0 Å². The van der Waals surface area contributed by atoms with E-state index in [-0.39, 0.29) is 0 Å². The number of hydrogen-bond donors (Lipinski definition) is 0. The molecule has 0 spiro atoms. The molecule has 54 heavy (non-hydrogen) atoms. The van der Waals surface area contributed by atoms with E-state index in [1.807, 2.05) is 6.07 Å². The SMILES string of the molecule is c1ccc(-c2ccc(N(c3cccc(-c4cc(-c5ccccc5)c5ccccc5c4)c3)c3cccc4c3oc3ccccc34)cc2-c2ccccc2)cc1. The molecule has 0 unspecified atom stereocenters. The zero-order valence-electron chi connectivity index (χ0n) is 29.6. The zero-order valence-corrected chi connectivity index (χ0v) is 29.6. The summed E-state index contributed by atoms with van der Waals surface area (Å²) in [5.74, 6) is 0. The van der Waals surface area contributed by atoms with Crippen molar-refractivity contribution in [2.45, 2.75) is 0 Å². The molecule has 9 aromatic carbocycles. The van der Waals surface area contributed by atoms with Gasteiger partial charge in [0.2, 0.25) is 0 Å². The van der Waals surface area contributed by atoms with Gasteiger partial charge in [-0.3, -0.25) is 0 Å². The van der Waals surface area contributed by atoms with Gasteiger partial charge < -0.3 is 9.32 Å². The maximum Gasteiger partial charge on any atom is 0.159 e. The molecule has 0 aliphatic rings. The van der Waals surface area contributed by atoms with Gasteiger partial charge in [-0.2, -0.15) is 0 Å². The molecule has 10 aromatic rings. The average Bonchev–Trinajstić information content (AvgIpc) is 3.64. The van der Waals surface area contributed by atoms with Gasteiger partial charge in [-0.25, -0.2) is 0 Å². The second-order valence-electron chi connectivity index (χ2n) is 13.7. The molecule has 0 atom stereocenters. The van der Waals surface area contributed by atoms with Crippen LogP contribution in [-0.4, -0.2) is 0 Å². The average molecular weight is 690 g/mol. The molecular formula is C52H35NO. The lowest BCUT2D eigenvalue weighted by molar-refractivity contribution is 0.669. The molecule has 0 N–H and O–H groups in total. The molecule has 254 valence electrons. The Kier molecular flexibility index (Phi) is 7.85. The molecule has 0 aliphatic carbocycles. The molecule has 0 radical (unpaired) electrons. The summed E-state index contributed by atoms with van der Waals surface area (Å²) < 4.78 is 6.70. The Bertz CT molecular complexity index is 2930. The summed E-state index contributed by atoms with van der Waals surface area (Å²) >= 11 is 0. The lowest BCUT2D eigenvalue weighted by Crippen LogP contribution is -2.10. The maximum atomic E-state index is 6.70. The molecule has 0 fully saturated rings. The standard InChI is InChI=1S/C52H35NO/c1-4-16-36(17-5-1)45-31-30-43(35-49(45)38-20-8-3-9-21-38)53(50-28-15-27-47-46-26-12-13-29-51(46)54-52(47)50)42-24-14-23-39(33-42)41-32-40-22-10-11-25-44(40)48(34-41)37-18-6-2-7-19-37/h1-35H. The third-order valence-electron chi connectivity index (χ3n) is 10.4. The Hall–Kier alpha value is -7.16. The van der Waals surface area contributed by atoms with Crippen molar-refractivity contribution in [1.82, 2.24) is 0 Å². The van der Waals surface area contributed by atoms with Crippen molar-refractivity contribution in [1.29, 1.82) is 0 Å². The first kappa shape index (κ1) is 31.6. The van der Waals surface area contributed by atoms with Gasteiger partial charge in [0.25, 0.3) is 0 Å². The van der Waals surface area contributed by atoms with Crippen LogP contribution < -0.4 is 4.90 Å². The minimum Gasteiger partial charge on any atom is -0.454 e. The van der Waals surface area contributed by atoms with Crippen LogP contribution in [0.5, 0.6) is 0 Å². The van der Waals surface area contributed by atoms with Crippen LogP contribution in [0.25, 0.3) is 77.2 Å². The van der Waals surface area contributed by atoms with Crippen molar-refractivity contribution < 1.29 is 4.42 Å². The highest BCUT2D eigenvalue weighted by Gasteiger charge is 2.21. The van der Waals surface area contributed by atoms with Gasteiger partial charge in [-0.15, -0.1) is 0 Å². The van der Waals surface area contributed by atoms with Crippen LogP contribution in [0.3, 0.4) is 0 Å². The predicted molar refractivity (Wildman–Crippen MR) is 228 cm³/mol. The first-order chi connectivity index (χ1) is 26.8. The van der Waals surface area contributed by atoms with E-state index in [1.165, 1.54) is 49.7 Å². The molecular weight excluding hydrogens is 655 g/mol. The van der Waals surface area contributed by atoms with E-state index in [0.29, 0.717) is 0 Å². The Labute approximate surface area is 314 Å². The molecule has 0 amide bonds. The monoisotopic (exact) mass is 689 g/mol. The van der Waals surface area contributed by atoms with E-state index in [2.05, 4.69) is 211 Å². The summed E-state index contributed by atoms with van der Waals surface area (Å²) in [5.41, 5.74) is 14.2. The van der Waals surface area contributed by atoms with E-state index in [9.17, 15) is 0 Å². The third-order valence-corrected chi connectivity index (χ3v) is 10.4. The summed E-state index contributed by atoms with van der Waals surface area (Å²) in [7, 11) is 0. The number of anilines is 3. The van der Waals surface area contributed by atoms with Crippen LogP contribution in [0.1, 0.15) is 0 Å². The Balaban J connectivity index is 1.21. The van der Waals surface area contributed by atoms with Crippen LogP contribution in [0, 0.1) is 0 Å². The second-order valence-corrected chi connectivity index (χ2v) is 13.7. The van der Waals surface area contributed by atoms with Crippen LogP contribution in [-0.2, 0) is 0 Å². The molecule has 2 heteroatoms. The van der Waals surface area contributed by atoms with Gasteiger partial charge >= 0.3 is 0 Å². The van der Waals surface area contributed by atoms with Crippen molar-refractivity contribution >= 4 is 49.8 Å². The number of furan rings is 1. The topological polar surface area (TPSA) is 16.4 Å². The molecule has 0 saturated carbocycles. The minimum absolute atomic E-state index is 0.856. The van der Waals surface area contributed by atoms with Crippen molar-refractivity contribution in [3.05, 3.63) is 212 Å². The molecule has 2 nitrogen and oxygen atoms in total. The fraction of sp³-hybridized carbons (Fsp3) is 0. The number of fused-ring (bicyclic) bond motifs is 4. The van der Waals surface area contributed by atoms with E-state index < -0.39 is 0 Å². The molecule has 0 saturated heterocycles. The van der Waals surface area contributed by atoms with E-state index in [0.717, 1.165) is 44.6 Å². The third kappa shape index (κ3) is 5.62. The van der Waals surface area contributed by atoms with Gasteiger partial charge in [-0.05, 0) is 104 Å². The maximum absolute atomic E-state index is 6.70. The highest BCUT2D eigenvalue weighted by atomic mass is 16.3. The first-order valence-corrected chi connectivity index (χ1v) is 18.4. The van der Waals surface area contributed by atoms with E-state index in [4.69, 9.17) is 4.42 Å². The number of para-hydroxylation sites is 2. The van der Waals surface area contributed by atoms with Crippen LogP contribution in [0.4, 0.5) is 17.1 Å². The molecule has 1 heterocycles. The summed E-state index contributed by atoms with van der Waals surface area (Å²) in [6, 6.07) is 75.9. The van der Waals surface area contributed by atoms with Gasteiger partial charge in [0, 0.05) is 22.1 Å². The largest absolute Gasteiger partial charge is 0.454 e. The van der Waals surface area contributed by atoms with Gasteiger partial charge in [0.15, 0.2) is 5.58 Å². The highest BCUT2D eigenvalue weighted by Crippen LogP contribution is 2.45. The predicted octanol–water partition coefficient (Wildman–Crippen LogP) is 14.9. The number of hydrogen-bond acceptors (Lipinski definition) is 2. The van der Waals surface area contributed by atoms with Gasteiger partial charge in [-0.1, -0.05) is 164 Å². The number of nitrogens with zero attached hydrogens (tertiary/aromatic N) is 1.